The Morgan fingerprint density at radius 2 is 1.89 bits per heavy atom. The van der Waals surface area contributed by atoms with E-state index in [0.29, 0.717) is 12.3 Å². The average molecular weight is 381 g/mol. The molecule has 2 aromatic heterocycles. The highest BCUT2D eigenvalue weighted by molar-refractivity contribution is 7.08. The zero-order valence-corrected chi connectivity index (χ0v) is 16.6. The molecule has 27 heavy (non-hydrogen) atoms. The van der Waals surface area contributed by atoms with Crippen molar-refractivity contribution in [3.05, 3.63) is 41.1 Å². The number of para-hydroxylation sites is 1. The fraction of sp³-hybridized carbons (Fsp3) is 0.381. The summed E-state index contributed by atoms with van der Waals surface area (Å²) < 4.78 is 0. The standard InChI is InChI=1S/C21H24N4OS/c1-15(2)13-19(26)24-8-10-25(11-9-24)21-17-5-3-4-6-18(17)22-20(23-21)16-7-12-27-14-16/h3-7,12,14-15H,8-11,13H2,1-2H3. The van der Waals surface area contributed by atoms with Gasteiger partial charge in [-0.2, -0.15) is 11.3 Å². The number of nitrogens with zero attached hydrogens (tertiary/aromatic N) is 4. The van der Waals surface area contributed by atoms with Gasteiger partial charge in [0.05, 0.1) is 5.52 Å². The van der Waals surface area contributed by atoms with E-state index in [1.54, 1.807) is 11.3 Å². The summed E-state index contributed by atoms with van der Waals surface area (Å²) in [5.41, 5.74) is 2.01. The predicted octanol–water partition coefficient (Wildman–Crippen LogP) is 4.05. The maximum absolute atomic E-state index is 12.4. The molecule has 5 nitrogen and oxygen atoms in total. The topological polar surface area (TPSA) is 49.3 Å². The number of aromatic nitrogens is 2. The SMILES string of the molecule is CC(C)CC(=O)N1CCN(c2nc(-c3ccsc3)nc3ccccc23)CC1. The van der Waals surface area contributed by atoms with Crippen LogP contribution in [0.4, 0.5) is 5.82 Å². The molecular formula is C21H24N4OS. The second-order valence-electron chi connectivity index (χ2n) is 7.37. The molecule has 0 radical (unpaired) electrons. The Morgan fingerprint density at radius 1 is 1.11 bits per heavy atom. The third kappa shape index (κ3) is 3.81. The number of rotatable bonds is 4. The lowest BCUT2D eigenvalue weighted by atomic mass is 10.1. The van der Waals surface area contributed by atoms with E-state index >= 15 is 0 Å². The summed E-state index contributed by atoms with van der Waals surface area (Å²) in [5, 5.41) is 5.20. The van der Waals surface area contributed by atoms with Crippen LogP contribution in [0.5, 0.6) is 0 Å². The van der Waals surface area contributed by atoms with Crippen molar-refractivity contribution >= 4 is 34.0 Å². The van der Waals surface area contributed by atoms with Crippen LogP contribution in [0.15, 0.2) is 41.1 Å². The van der Waals surface area contributed by atoms with Crippen LogP contribution >= 0.6 is 11.3 Å². The van der Waals surface area contributed by atoms with E-state index in [-0.39, 0.29) is 5.91 Å². The Balaban J connectivity index is 1.61. The highest BCUT2D eigenvalue weighted by Gasteiger charge is 2.24. The Kier molecular flexibility index (Phi) is 5.07. The van der Waals surface area contributed by atoms with E-state index in [1.807, 2.05) is 28.5 Å². The molecule has 3 heterocycles. The molecule has 4 rings (SSSR count). The van der Waals surface area contributed by atoms with E-state index in [2.05, 4.69) is 36.3 Å². The largest absolute Gasteiger partial charge is 0.352 e. The maximum Gasteiger partial charge on any atom is 0.222 e. The van der Waals surface area contributed by atoms with E-state index in [4.69, 9.17) is 9.97 Å². The molecule has 1 fully saturated rings. The summed E-state index contributed by atoms with van der Waals surface area (Å²) in [7, 11) is 0. The summed E-state index contributed by atoms with van der Waals surface area (Å²) in [6.07, 6.45) is 0.624. The molecule has 0 unspecified atom stereocenters. The number of fused-ring (bicyclic) bond motifs is 1. The van der Waals surface area contributed by atoms with Crippen molar-refractivity contribution in [3.63, 3.8) is 0 Å². The number of thiophene rings is 1. The number of amides is 1. The van der Waals surface area contributed by atoms with Crippen molar-refractivity contribution in [2.24, 2.45) is 5.92 Å². The van der Waals surface area contributed by atoms with Gasteiger partial charge in [-0.15, -0.1) is 0 Å². The van der Waals surface area contributed by atoms with Gasteiger partial charge in [0.25, 0.3) is 0 Å². The van der Waals surface area contributed by atoms with Crippen LogP contribution in [0, 0.1) is 5.92 Å². The molecule has 1 saturated heterocycles. The lowest BCUT2D eigenvalue weighted by Gasteiger charge is -2.36. The van der Waals surface area contributed by atoms with Gasteiger partial charge in [-0.1, -0.05) is 26.0 Å². The number of piperazine rings is 1. The van der Waals surface area contributed by atoms with Gasteiger partial charge in [0.2, 0.25) is 5.91 Å². The molecule has 0 bridgehead atoms. The van der Waals surface area contributed by atoms with E-state index < -0.39 is 0 Å². The van der Waals surface area contributed by atoms with Gasteiger partial charge < -0.3 is 9.80 Å². The Morgan fingerprint density at radius 3 is 2.59 bits per heavy atom. The van der Waals surface area contributed by atoms with Gasteiger partial charge >= 0.3 is 0 Å². The van der Waals surface area contributed by atoms with Crippen LogP contribution in [0.3, 0.4) is 0 Å². The predicted molar refractivity (Wildman–Crippen MR) is 111 cm³/mol. The van der Waals surface area contributed by atoms with Crippen LogP contribution in [0.25, 0.3) is 22.3 Å². The molecule has 0 aliphatic carbocycles. The molecular weight excluding hydrogens is 356 g/mol. The van der Waals surface area contributed by atoms with Gasteiger partial charge in [-0.05, 0) is 29.5 Å². The maximum atomic E-state index is 12.4. The highest BCUT2D eigenvalue weighted by atomic mass is 32.1. The molecule has 3 aromatic rings. The molecule has 0 spiro atoms. The molecule has 1 amide bonds. The molecule has 0 atom stereocenters. The van der Waals surface area contributed by atoms with Crippen molar-refractivity contribution in [1.82, 2.24) is 14.9 Å². The van der Waals surface area contributed by atoms with Crippen molar-refractivity contribution in [1.29, 1.82) is 0 Å². The number of carbonyl (C=O) groups excluding carboxylic acids is 1. The monoisotopic (exact) mass is 380 g/mol. The molecule has 0 saturated carbocycles. The molecule has 1 aliphatic rings. The van der Waals surface area contributed by atoms with Gasteiger partial charge in [-0.3, -0.25) is 4.79 Å². The lowest BCUT2D eigenvalue weighted by Crippen LogP contribution is -2.49. The van der Waals surface area contributed by atoms with Gasteiger partial charge in [0.15, 0.2) is 5.82 Å². The second-order valence-corrected chi connectivity index (χ2v) is 8.15. The Bertz CT molecular complexity index is 931. The second kappa shape index (κ2) is 7.64. The van der Waals surface area contributed by atoms with E-state index in [9.17, 15) is 4.79 Å². The summed E-state index contributed by atoms with van der Waals surface area (Å²) >= 11 is 1.65. The fourth-order valence-corrected chi connectivity index (χ4v) is 4.10. The zero-order chi connectivity index (χ0) is 18.8. The summed E-state index contributed by atoms with van der Waals surface area (Å²) in [6.45, 7) is 7.28. The van der Waals surface area contributed by atoms with E-state index in [1.165, 1.54) is 0 Å². The number of carbonyl (C=O) groups is 1. The number of hydrogen-bond donors (Lipinski definition) is 0. The Labute approximate surface area is 163 Å². The molecule has 1 aromatic carbocycles. The molecule has 140 valence electrons. The minimum Gasteiger partial charge on any atom is -0.352 e. The number of anilines is 1. The van der Waals surface area contributed by atoms with Crippen molar-refractivity contribution in [3.8, 4) is 11.4 Å². The summed E-state index contributed by atoms with van der Waals surface area (Å²) in [6, 6.07) is 10.2. The van der Waals surface area contributed by atoms with Crippen LogP contribution in [-0.4, -0.2) is 47.0 Å². The quantitative estimate of drug-likeness (QED) is 0.685. The van der Waals surface area contributed by atoms with Crippen LogP contribution in [0.1, 0.15) is 20.3 Å². The van der Waals surface area contributed by atoms with E-state index in [0.717, 1.165) is 54.3 Å². The number of hydrogen-bond acceptors (Lipinski definition) is 5. The molecule has 6 heteroatoms. The summed E-state index contributed by atoms with van der Waals surface area (Å²) in [4.78, 5) is 26.3. The first-order chi connectivity index (χ1) is 13.1. The van der Waals surface area contributed by atoms with Crippen molar-refractivity contribution in [2.75, 3.05) is 31.1 Å². The van der Waals surface area contributed by atoms with Gasteiger partial charge in [0.1, 0.15) is 5.82 Å². The van der Waals surface area contributed by atoms with Crippen LogP contribution < -0.4 is 4.90 Å². The molecule has 0 N–H and O–H groups in total. The lowest BCUT2D eigenvalue weighted by molar-refractivity contribution is -0.132. The highest BCUT2D eigenvalue weighted by Crippen LogP contribution is 2.29. The third-order valence-corrected chi connectivity index (χ3v) is 5.56. The minimum atomic E-state index is 0.260. The average Bonchev–Trinajstić information content (AvgIpc) is 3.21. The zero-order valence-electron chi connectivity index (χ0n) is 15.8. The van der Waals surface area contributed by atoms with Crippen LogP contribution in [-0.2, 0) is 4.79 Å². The first-order valence-electron chi connectivity index (χ1n) is 9.44. The fourth-order valence-electron chi connectivity index (χ4n) is 3.47. The number of benzene rings is 1. The van der Waals surface area contributed by atoms with Crippen molar-refractivity contribution < 1.29 is 4.79 Å². The Hall–Kier alpha value is -2.47. The van der Waals surface area contributed by atoms with Crippen LogP contribution in [0.2, 0.25) is 0 Å². The minimum absolute atomic E-state index is 0.260. The molecule has 1 aliphatic heterocycles. The first-order valence-corrected chi connectivity index (χ1v) is 10.4. The summed E-state index contributed by atoms with van der Waals surface area (Å²) in [5.74, 6) is 2.40. The normalized spacial score (nSPS) is 14.9. The smallest absolute Gasteiger partial charge is 0.222 e. The van der Waals surface area contributed by atoms with Gasteiger partial charge in [-0.25, -0.2) is 9.97 Å². The third-order valence-electron chi connectivity index (χ3n) is 4.88. The van der Waals surface area contributed by atoms with Gasteiger partial charge in [0, 0.05) is 48.9 Å². The first kappa shape index (κ1) is 17.9. The van der Waals surface area contributed by atoms with Crippen molar-refractivity contribution in [2.45, 2.75) is 20.3 Å².